The van der Waals surface area contributed by atoms with Gasteiger partial charge in [-0.1, -0.05) is 17.4 Å². The largest absolute Gasteiger partial charge is 0.508 e. The third kappa shape index (κ3) is 5.46. The number of carbonyl (C=O) groups is 2. The molecular weight excluding hydrogens is 392 g/mol. The fourth-order valence-electron chi connectivity index (χ4n) is 2.21. The van der Waals surface area contributed by atoms with Crippen molar-refractivity contribution in [3.05, 3.63) is 46.2 Å². The first-order chi connectivity index (χ1) is 13.4. The highest BCUT2D eigenvalue weighted by atomic mass is 32.1. The minimum Gasteiger partial charge on any atom is -0.508 e. The van der Waals surface area contributed by atoms with Crippen molar-refractivity contribution in [2.45, 2.75) is 40.2 Å². The van der Waals surface area contributed by atoms with Crippen LogP contribution in [0.2, 0.25) is 0 Å². The van der Waals surface area contributed by atoms with Crippen LogP contribution in [0.15, 0.2) is 30.2 Å². The third-order valence-electron chi connectivity index (χ3n) is 4.15. The van der Waals surface area contributed by atoms with Crippen LogP contribution < -0.4 is 22.2 Å². The zero-order valence-electron chi connectivity index (χ0n) is 17.0. The normalized spacial score (nSPS) is 11.9. The molecule has 0 saturated carbocycles. The number of rotatable bonds is 5. The molecule has 0 aliphatic carbocycles. The molecule has 9 nitrogen and oxygen atoms in total. The lowest BCUT2D eigenvalue weighted by Crippen LogP contribution is -2.43. The van der Waals surface area contributed by atoms with Crippen molar-refractivity contribution in [3.63, 3.8) is 0 Å². The Labute approximate surface area is 173 Å². The Hall–Kier alpha value is -3.11. The SMILES string of the molecule is Cc1ccc(O)c(C)c1NC(=O)c1cnc(NC(=O)/C(N)=C/N(N)C(C)(C)C)s1. The van der Waals surface area contributed by atoms with Gasteiger partial charge in [-0.2, -0.15) is 0 Å². The lowest BCUT2D eigenvalue weighted by Gasteiger charge is -2.30. The van der Waals surface area contributed by atoms with Crippen LogP contribution in [0.4, 0.5) is 10.8 Å². The Morgan fingerprint density at radius 3 is 2.52 bits per heavy atom. The van der Waals surface area contributed by atoms with Crippen molar-refractivity contribution in [1.82, 2.24) is 9.99 Å². The summed E-state index contributed by atoms with van der Waals surface area (Å²) in [5.74, 6) is 4.96. The lowest BCUT2D eigenvalue weighted by atomic mass is 10.1. The van der Waals surface area contributed by atoms with E-state index in [1.54, 1.807) is 19.1 Å². The molecule has 2 rings (SSSR count). The van der Waals surface area contributed by atoms with Gasteiger partial charge in [-0.3, -0.25) is 14.9 Å². The number of aromatic nitrogens is 1. The van der Waals surface area contributed by atoms with Crippen LogP contribution in [-0.4, -0.2) is 32.5 Å². The average molecular weight is 419 g/mol. The summed E-state index contributed by atoms with van der Waals surface area (Å²) in [7, 11) is 0. The number of benzene rings is 1. The van der Waals surface area contributed by atoms with Crippen molar-refractivity contribution < 1.29 is 14.7 Å². The molecule has 0 bridgehead atoms. The van der Waals surface area contributed by atoms with Crippen molar-refractivity contribution in [2.24, 2.45) is 11.6 Å². The Morgan fingerprint density at radius 1 is 1.24 bits per heavy atom. The number of nitrogens with two attached hydrogens (primary N) is 2. The number of thiazole rings is 1. The van der Waals surface area contributed by atoms with Gasteiger partial charge in [-0.15, -0.1) is 0 Å². The fourth-order valence-corrected chi connectivity index (χ4v) is 2.92. The first-order valence-electron chi connectivity index (χ1n) is 8.79. The molecule has 1 aromatic carbocycles. The van der Waals surface area contributed by atoms with Gasteiger partial charge in [0.25, 0.3) is 11.8 Å². The van der Waals surface area contributed by atoms with Gasteiger partial charge in [0.1, 0.15) is 16.3 Å². The number of phenolic OH excluding ortho intramolecular Hbond substituents is 1. The number of aryl methyl sites for hydroxylation is 1. The molecule has 0 aliphatic heterocycles. The van der Waals surface area contributed by atoms with E-state index in [2.05, 4.69) is 15.6 Å². The second kappa shape index (κ2) is 8.50. The third-order valence-corrected chi connectivity index (χ3v) is 5.06. The van der Waals surface area contributed by atoms with Crippen molar-refractivity contribution in [2.75, 3.05) is 10.6 Å². The number of nitrogens with one attached hydrogen (secondary N) is 2. The highest BCUT2D eigenvalue weighted by molar-refractivity contribution is 7.17. The summed E-state index contributed by atoms with van der Waals surface area (Å²) in [6.07, 6.45) is 2.69. The predicted molar refractivity (Wildman–Crippen MR) is 114 cm³/mol. The van der Waals surface area contributed by atoms with Gasteiger partial charge in [0, 0.05) is 17.3 Å². The van der Waals surface area contributed by atoms with Gasteiger partial charge in [0.05, 0.1) is 11.9 Å². The standard InChI is InChI=1S/C19H26N6O3S/c1-10-6-7-13(26)11(2)15(10)23-17(28)14-8-22-18(29-14)24-16(27)12(20)9-25(21)19(3,4)5/h6-9,26H,20-21H2,1-5H3,(H,23,28)(H,22,24,27)/b12-9-. The Bertz CT molecular complexity index is 961. The maximum absolute atomic E-state index is 12.5. The topological polar surface area (TPSA) is 147 Å². The molecular formula is C19H26N6O3S. The number of hydrazine groups is 1. The quantitative estimate of drug-likeness (QED) is 0.285. The lowest BCUT2D eigenvalue weighted by molar-refractivity contribution is -0.113. The minimum atomic E-state index is -0.578. The molecule has 2 aromatic rings. The average Bonchev–Trinajstić information content (AvgIpc) is 3.09. The van der Waals surface area contributed by atoms with E-state index in [0.29, 0.717) is 16.1 Å². The summed E-state index contributed by atoms with van der Waals surface area (Å²) >= 11 is 1.00. The number of nitrogens with zero attached hydrogens (tertiary/aromatic N) is 2. The van der Waals surface area contributed by atoms with Crippen LogP contribution in [0, 0.1) is 13.8 Å². The molecule has 2 amide bonds. The maximum atomic E-state index is 12.5. The summed E-state index contributed by atoms with van der Waals surface area (Å²) in [4.78, 5) is 29.1. The Kier molecular flexibility index (Phi) is 6.50. The zero-order chi connectivity index (χ0) is 21.9. The fraction of sp³-hybridized carbons (Fsp3) is 0.316. The zero-order valence-corrected chi connectivity index (χ0v) is 17.8. The van der Waals surface area contributed by atoms with Gasteiger partial charge in [0.2, 0.25) is 0 Å². The molecule has 0 atom stereocenters. The van der Waals surface area contributed by atoms with Crippen LogP contribution in [0.3, 0.4) is 0 Å². The summed E-state index contributed by atoms with van der Waals surface area (Å²) in [5.41, 5.74) is 7.21. The smallest absolute Gasteiger partial charge is 0.274 e. The molecule has 0 saturated heterocycles. The van der Waals surface area contributed by atoms with E-state index >= 15 is 0 Å². The van der Waals surface area contributed by atoms with Gasteiger partial charge in [0.15, 0.2) is 5.13 Å². The van der Waals surface area contributed by atoms with Crippen molar-refractivity contribution >= 4 is 34.0 Å². The van der Waals surface area contributed by atoms with Crippen LogP contribution >= 0.6 is 11.3 Å². The summed E-state index contributed by atoms with van der Waals surface area (Å²) in [5, 5.41) is 16.7. The van der Waals surface area contributed by atoms with Gasteiger partial charge < -0.3 is 21.2 Å². The second-order valence-electron chi connectivity index (χ2n) is 7.50. The number of amides is 2. The van der Waals surface area contributed by atoms with E-state index in [9.17, 15) is 14.7 Å². The molecule has 29 heavy (non-hydrogen) atoms. The summed E-state index contributed by atoms with van der Waals surface area (Å²) in [6.45, 7) is 9.15. The Morgan fingerprint density at radius 2 is 1.90 bits per heavy atom. The van der Waals surface area contributed by atoms with E-state index < -0.39 is 17.4 Å². The van der Waals surface area contributed by atoms with Crippen LogP contribution in [0.5, 0.6) is 5.75 Å². The second-order valence-corrected chi connectivity index (χ2v) is 8.53. The van der Waals surface area contributed by atoms with E-state index in [0.717, 1.165) is 16.9 Å². The molecule has 0 fully saturated rings. The van der Waals surface area contributed by atoms with Crippen LogP contribution in [0.25, 0.3) is 0 Å². The first-order valence-corrected chi connectivity index (χ1v) is 9.61. The maximum Gasteiger partial charge on any atom is 0.274 e. The van der Waals surface area contributed by atoms with Gasteiger partial charge in [-0.05, 0) is 46.2 Å². The molecule has 10 heteroatoms. The molecule has 0 radical (unpaired) electrons. The predicted octanol–water partition coefficient (Wildman–Crippen LogP) is 2.43. The van der Waals surface area contributed by atoms with E-state index in [1.807, 2.05) is 27.7 Å². The molecule has 0 unspecified atom stereocenters. The first kappa shape index (κ1) is 22.2. The summed E-state index contributed by atoms with van der Waals surface area (Å²) in [6, 6.07) is 3.28. The highest BCUT2D eigenvalue weighted by Crippen LogP contribution is 2.29. The number of aromatic hydroxyl groups is 1. The van der Waals surface area contributed by atoms with Gasteiger partial charge >= 0.3 is 0 Å². The number of phenols is 1. The number of hydrogen-bond acceptors (Lipinski definition) is 8. The van der Waals surface area contributed by atoms with Crippen LogP contribution in [-0.2, 0) is 4.79 Å². The molecule has 1 aromatic heterocycles. The number of anilines is 2. The molecule has 1 heterocycles. The monoisotopic (exact) mass is 418 g/mol. The number of hydrogen-bond donors (Lipinski definition) is 5. The van der Waals surface area contributed by atoms with Crippen molar-refractivity contribution in [1.29, 1.82) is 0 Å². The van der Waals surface area contributed by atoms with E-state index in [1.165, 1.54) is 17.4 Å². The molecule has 7 N–H and O–H groups in total. The highest BCUT2D eigenvalue weighted by Gasteiger charge is 2.19. The van der Waals surface area contributed by atoms with E-state index in [-0.39, 0.29) is 16.6 Å². The molecule has 0 aliphatic rings. The van der Waals surface area contributed by atoms with E-state index in [4.69, 9.17) is 11.6 Å². The minimum absolute atomic E-state index is 0.0883. The number of carbonyl (C=O) groups excluding carboxylic acids is 2. The molecule has 0 spiro atoms. The van der Waals surface area contributed by atoms with Crippen LogP contribution in [0.1, 0.15) is 41.6 Å². The van der Waals surface area contributed by atoms with Gasteiger partial charge in [-0.25, -0.2) is 10.8 Å². The van der Waals surface area contributed by atoms with Crippen molar-refractivity contribution in [3.8, 4) is 5.75 Å². The Balaban J connectivity index is 2.09. The molecule has 156 valence electrons. The summed E-state index contributed by atoms with van der Waals surface area (Å²) < 4.78 is 0.